The van der Waals surface area contributed by atoms with Crippen molar-refractivity contribution in [1.29, 1.82) is 0 Å². The zero-order valence-corrected chi connectivity index (χ0v) is 9.54. The molecule has 2 bridgehead atoms. The molecule has 4 nitrogen and oxygen atoms in total. The van der Waals surface area contributed by atoms with Crippen LogP contribution >= 0.6 is 0 Å². The van der Waals surface area contributed by atoms with Crippen LogP contribution in [0.15, 0.2) is 0 Å². The van der Waals surface area contributed by atoms with E-state index in [4.69, 9.17) is 5.11 Å². The maximum absolute atomic E-state index is 12.1. The molecule has 18 heavy (non-hydrogen) atoms. The summed E-state index contributed by atoms with van der Waals surface area (Å²) in [6.07, 6.45) is -2.76. The summed E-state index contributed by atoms with van der Waals surface area (Å²) in [6, 6.07) is -0.534. The van der Waals surface area contributed by atoms with Crippen LogP contribution in [0.5, 0.6) is 0 Å². The van der Waals surface area contributed by atoms with Gasteiger partial charge < -0.3 is 10.4 Å². The van der Waals surface area contributed by atoms with Crippen molar-refractivity contribution in [2.24, 2.45) is 17.8 Å². The maximum atomic E-state index is 12.1. The van der Waals surface area contributed by atoms with Gasteiger partial charge in [-0.15, -0.1) is 0 Å². The fourth-order valence-corrected chi connectivity index (χ4v) is 3.16. The number of hydrogen-bond donors (Lipinski definition) is 2. The number of carbonyl (C=O) groups excluding carboxylic acids is 1. The lowest BCUT2D eigenvalue weighted by Gasteiger charge is -2.45. The molecule has 0 aromatic heterocycles. The van der Waals surface area contributed by atoms with Gasteiger partial charge in [-0.25, -0.2) is 0 Å². The first kappa shape index (κ1) is 13.2. The van der Waals surface area contributed by atoms with Crippen molar-refractivity contribution in [2.75, 3.05) is 0 Å². The maximum Gasteiger partial charge on any atom is 0.471 e. The van der Waals surface area contributed by atoms with Gasteiger partial charge in [-0.1, -0.05) is 0 Å². The summed E-state index contributed by atoms with van der Waals surface area (Å²) in [5.41, 5.74) is 0. The van der Waals surface area contributed by atoms with Gasteiger partial charge in [-0.3, -0.25) is 9.59 Å². The molecule has 0 aromatic carbocycles. The predicted octanol–water partition coefficient (Wildman–Crippen LogP) is 1.55. The Balaban J connectivity index is 1.99. The van der Waals surface area contributed by atoms with E-state index in [-0.39, 0.29) is 11.8 Å². The summed E-state index contributed by atoms with van der Waals surface area (Å²) >= 11 is 0. The van der Waals surface area contributed by atoms with E-state index in [9.17, 15) is 22.8 Å². The Bertz CT molecular complexity index is 369. The molecular weight excluding hydrogens is 251 g/mol. The number of aliphatic carboxylic acids is 1. The Morgan fingerprint density at radius 3 is 2.17 bits per heavy atom. The monoisotopic (exact) mass is 265 g/mol. The minimum absolute atomic E-state index is 0.119. The van der Waals surface area contributed by atoms with Gasteiger partial charge >= 0.3 is 18.1 Å². The molecule has 3 aliphatic carbocycles. The third-order valence-electron chi connectivity index (χ3n) is 4.05. The normalized spacial score (nSPS) is 35.3. The SMILES string of the molecule is O=C(O)C1CC2CCC1CC2NC(=O)C(F)(F)F. The topological polar surface area (TPSA) is 66.4 Å². The van der Waals surface area contributed by atoms with E-state index in [2.05, 4.69) is 0 Å². The fraction of sp³-hybridized carbons (Fsp3) is 0.818. The standard InChI is InChI=1S/C11H14F3NO3/c12-11(13,14)10(18)15-8-4-5-1-2-6(8)3-7(5)9(16)17/h5-8H,1-4H2,(H,15,18)(H,16,17). The highest BCUT2D eigenvalue weighted by atomic mass is 19.4. The highest BCUT2D eigenvalue weighted by Gasteiger charge is 2.47. The van der Waals surface area contributed by atoms with Gasteiger partial charge in [0.1, 0.15) is 0 Å². The Labute approximate surface area is 102 Å². The largest absolute Gasteiger partial charge is 0.481 e. The first-order valence-electron chi connectivity index (χ1n) is 5.89. The predicted molar refractivity (Wildman–Crippen MR) is 54.6 cm³/mol. The zero-order chi connectivity index (χ0) is 13.5. The molecule has 3 rings (SSSR count). The summed E-state index contributed by atoms with van der Waals surface area (Å²) in [6.45, 7) is 0. The molecule has 3 aliphatic rings. The first-order valence-corrected chi connectivity index (χ1v) is 5.89. The number of rotatable bonds is 2. The molecule has 4 atom stereocenters. The van der Waals surface area contributed by atoms with Crippen LogP contribution in [-0.4, -0.2) is 29.2 Å². The van der Waals surface area contributed by atoms with Gasteiger partial charge in [0.25, 0.3) is 0 Å². The number of halogens is 3. The fourth-order valence-electron chi connectivity index (χ4n) is 3.16. The van der Waals surface area contributed by atoms with Gasteiger partial charge in [-0.2, -0.15) is 13.2 Å². The van der Waals surface area contributed by atoms with Crippen LogP contribution in [0, 0.1) is 17.8 Å². The number of fused-ring (bicyclic) bond motifs is 3. The van der Waals surface area contributed by atoms with Crippen molar-refractivity contribution < 1.29 is 27.9 Å². The van der Waals surface area contributed by atoms with Crippen molar-refractivity contribution in [1.82, 2.24) is 5.32 Å². The van der Waals surface area contributed by atoms with Crippen LogP contribution in [-0.2, 0) is 9.59 Å². The summed E-state index contributed by atoms with van der Waals surface area (Å²) in [4.78, 5) is 21.8. The van der Waals surface area contributed by atoms with Crippen LogP contribution in [0.3, 0.4) is 0 Å². The lowest BCUT2D eigenvalue weighted by Crippen LogP contribution is -2.53. The van der Waals surface area contributed by atoms with Gasteiger partial charge in [0.15, 0.2) is 0 Å². The molecular formula is C11H14F3NO3. The van der Waals surface area contributed by atoms with E-state index in [1.165, 1.54) is 0 Å². The number of carbonyl (C=O) groups is 2. The molecule has 0 spiro atoms. The lowest BCUT2D eigenvalue weighted by molar-refractivity contribution is -0.176. The average molecular weight is 265 g/mol. The number of carboxylic acid groups (broad SMARTS) is 1. The van der Waals surface area contributed by atoms with Crippen molar-refractivity contribution in [2.45, 2.75) is 37.9 Å². The van der Waals surface area contributed by atoms with E-state index >= 15 is 0 Å². The van der Waals surface area contributed by atoms with Crippen molar-refractivity contribution >= 4 is 11.9 Å². The molecule has 3 saturated carbocycles. The smallest absolute Gasteiger partial charge is 0.471 e. The molecule has 4 unspecified atom stereocenters. The van der Waals surface area contributed by atoms with E-state index in [1.807, 2.05) is 5.32 Å². The minimum atomic E-state index is -4.87. The molecule has 0 aliphatic heterocycles. The van der Waals surface area contributed by atoms with Crippen molar-refractivity contribution in [3.8, 4) is 0 Å². The number of hydrogen-bond acceptors (Lipinski definition) is 2. The third kappa shape index (κ3) is 2.44. The molecule has 0 radical (unpaired) electrons. The quantitative estimate of drug-likeness (QED) is 0.796. The van der Waals surface area contributed by atoms with Gasteiger partial charge in [0.05, 0.1) is 5.92 Å². The second-order valence-electron chi connectivity index (χ2n) is 5.09. The molecule has 0 heterocycles. The minimum Gasteiger partial charge on any atom is -0.481 e. The summed E-state index contributed by atoms with van der Waals surface area (Å²) in [7, 11) is 0. The zero-order valence-electron chi connectivity index (χ0n) is 9.54. The Morgan fingerprint density at radius 1 is 1.11 bits per heavy atom. The number of alkyl halides is 3. The lowest BCUT2D eigenvalue weighted by atomic mass is 9.62. The molecule has 7 heteroatoms. The Morgan fingerprint density at radius 2 is 1.72 bits per heavy atom. The number of amides is 1. The molecule has 102 valence electrons. The second kappa shape index (κ2) is 4.44. The van der Waals surface area contributed by atoms with Gasteiger partial charge in [0.2, 0.25) is 0 Å². The molecule has 2 N–H and O–H groups in total. The average Bonchev–Trinajstić information content (AvgIpc) is 2.28. The summed E-state index contributed by atoms with van der Waals surface area (Å²) < 4.78 is 36.4. The van der Waals surface area contributed by atoms with E-state index < -0.39 is 30.0 Å². The Kier molecular flexibility index (Phi) is 3.25. The molecule has 3 fully saturated rings. The van der Waals surface area contributed by atoms with E-state index in [1.54, 1.807) is 0 Å². The van der Waals surface area contributed by atoms with E-state index in [0.29, 0.717) is 19.3 Å². The van der Waals surface area contributed by atoms with Crippen molar-refractivity contribution in [3.63, 3.8) is 0 Å². The summed E-state index contributed by atoms with van der Waals surface area (Å²) in [5, 5.41) is 11.0. The Hall–Kier alpha value is -1.27. The first-order chi connectivity index (χ1) is 8.29. The second-order valence-corrected chi connectivity index (χ2v) is 5.09. The van der Waals surface area contributed by atoms with E-state index in [0.717, 1.165) is 6.42 Å². The molecule has 0 saturated heterocycles. The molecule has 1 amide bonds. The molecule has 0 aromatic rings. The van der Waals surface area contributed by atoms with Crippen LogP contribution in [0.25, 0.3) is 0 Å². The van der Waals surface area contributed by atoms with Crippen LogP contribution in [0.1, 0.15) is 25.7 Å². The third-order valence-corrected chi connectivity index (χ3v) is 4.05. The van der Waals surface area contributed by atoms with Crippen molar-refractivity contribution in [3.05, 3.63) is 0 Å². The van der Waals surface area contributed by atoms with Gasteiger partial charge in [-0.05, 0) is 37.5 Å². The van der Waals surface area contributed by atoms with Crippen LogP contribution in [0.2, 0.25) is 0 Å². The van der Waals surface area contributed by atoms with Crippen LogP contribution < -0.4 is 5.32 Å². The highest BCUT2D eigenvalue weighted by Crippen LogP contribution is 2.45. The highest BCUT2D eigenvalue weighted by molar-refractivity contribution is 5.82. The van der Waals surface area contributed by atoms with Crippen LogP contribution in [0.4, 0.5) is 13.2 Å². The number of carboxylic acids is 1. The van der Waals surface area contributed by atoms with Gasteiger partial charge in [0, 0.05) is 6.04 Å². The summed E-state index contributed by atoms with van der Waals surface area (Å²) in [5.74, 6) is -3.55. The number of nitrogens with one attached hydrogen (secondary N) is 1.